The van der Waals surface area contributed by atoms with Crippen molar-refractivity contribution in [1.82, 2.24) is 14.7 Å². The van der Waals surface area contributed by atoms with Crippen LogP contribution in [0.15, 0.2) is 12.1 Å². The summed E-state index contributed by atoms with van der Waals surface area (Å²) in [6.07, 6.45) is 0.419. The highest BCUT2D eigenvalue weighted by molar-refractivity contribution is 5.97. The summed E-state index contributed by atoms with van der Waals surface area (Å²) in [6, 6.07) is 3.06. The fraction of sp³-hybridized carbons (Fsp3) is 0.450. The van der Waals surface area contributed by atoms with Crippen molar-refractivity contribution in [3.8, 4) is 11.5 Å². The number of fused-ring (bicyclic) bond motifs is 1. The summed E-state index contributed by atoms with van der Waals surface area (Å²) < 4.78 is 12.4. The highest BCUT2D eigenvalue weighted by Crippen LogP contribution is 2.40. The van der Waals surface area contributed by atoms with Gasteiger partial charge in [-0.2, -0.15) is 5.10 Å². The summed E-state index contributed by atoms with van der Waals surface area (Å²) in [5.41, 5.74) is 3.67. The average molecular weight is 387 g/mol. The zero-order valence-corrected chi connectivity index (χ0v) is 16.8. The molecule has 1 amide bonds. The van der Waals surface area contributed by atoms with Crippen LogP contribution in [0.4, 0.5) is 0 Å². The zero-order chi connectivity index (χ0) is 20.6. The van der Waals surface area contributed by atoms with Crippen LogP contribution in [0, 0.1) is 13.8 Å². The van der Waals surface area contributed by atoms with Gasteiger partial charge < -0.3 is 19.5 Å². The van der Waals surface area contributed by atoms with E-state index >= 15 is 0 Å². The number of rotatable bonds is 5. The Labute approximate surface area is 163 Å². The number of hydrogen-bond acceptors (Lipinski definition) is 5. The van der Waals surface area contributed by atoms with Gasteiger partial charge in [0, 0.05) is 19.3 Å². The maximum Gasteiger partial charge on any atom is 0.305 e. The number of aryl methyl sites for hydroxylation is 2. The van der Waals surface area contributed by atoms with Gasteiger partial charge >= 0.3 is 5.97 Å². The van der Waals surface area contributed by atoms with Crippen LogP contribution in [0.5, 0.6) is 11.5 Å². The van der Waals surface area contributed by atoms with E-state index in [0.29, 0.717) is 35.7 Å². The summed E-state index contributed by atoms with van der Waals surface area (Å²) in [5, 5.41) is 13.8. The molecule has 1 N–H and O–H groups in total. The molecule has 0 aliphatic carbocycles. The van der Waals surface area contributed by atoms with Gasteiger partial charge in [0.05, 0.1) is 37.9 Å². The minimum Gasteiger partial charge on any atom is -0.493 e. The van der Waals surface area contributed by atoms with E-state index in [4.69, 9.17) is 9.47 Å². The number of hydrogen-bond donors (Lipinski definition) is 1. The van der Waals surface area contributed by atoms with Crippen LogP contribution in [0.3, 0.4) is 0 Å². The molecule has 0 bridgehead atoms. The Kier molecular flexibility index (Phi) is 5.31. The number of aromatic nitrogens is 2. The van der Waals surface area contributed by atoms with Crippen LogP contribution < -0.4 is 9.47 Å². The Bertz CT molecular complexity index is 934. The number of methoxy groups -OCH3 is 2. The lowest BCUT2D eigenvalue weighted by Gasteiger charge is -2.37. The zero-order valence-electron chi connectivity index (χ0n) is 16.8. The molecule has 0 fully saturated rings. The number of carboxylic acids is 1. The van der Waals surface area contributed by atoms with Crippen molar-refractivity contribution in [2.45, 2.75) is 32.7 Å². The van der Waals surface area contributed by atoms with Crippen molar-refractivity contribution in [2.24, 2.45) is 7.05 Å². The lowest BCUT2D eigenvalue weighted by atomic mass is 9.89. The van der Waals surface area contributed by atoms with Crippen LogP contribution in [-0.4, -0.2) is 52.4 Å². The molecule has 28 heavy (non-hydrogen) atoms. The first-order valence-corrected chi connectivity index (χ1v) is 9.06. The molecule has 8 nitrogen and oxygen atoms in total. The van der Waals surface area contributed by atoms with Gasteiger partial charge in [-0.25, -0.2) is 0 Å². The molecular weight excluding hydrogens is 362 g/mol. The molecule has 2 aromatic rings. The molecule has 1 aromatic heterocycles. The first-order valence-electron chi connectivity index (χ1n) is 9.06. The Morgan fingerprint density at radius 3 is 2.39 bits per heavy atom. The average Bonchev–Trinajstić information content (AvgIpc) is 2.91. The topological polar surface area (TPSA) is 93.9 Å². The molecule has 8 heteroatoms. The second kappa shape index (κ2) is 7.53. The SMILES string of the molecule is COc1cc2c(cc1OC)C(CC(=O)O)N(C(=O)c1c(C)nn(C)c1C)CC2. The second-order valence-corrected chi connectivity index (χ2v) is 6.94. The Morgan fingerprint density at radius 1 is 1.21 bits per heavy atom. The van der Waals surface area contributed by atoms with E-state index in [1.54, 1.807) is 36.7 Å². The molecule has 3 rings (SSSR count). The Balaban J connectivity index is 2.08. The molecule has 0 spiro atoms. The van der Waals surface area contributed by atoms with Crippen LogP contribution in [0.1, 0.15) is 45.3 Å². The third kappa shape index (κ3) is 3.30. The Morgan fingerprint density at radius 2 is 1.86 bits per heavy atom. The largest absolute Gasteiger partial charge is 0.493 e. The van der Waals surface area contributed by atoms with E-state index in [1.807, 2.05) is 13.0 Å². The smallest absolute Gasteiger partial charge is 0.305 e. The molecule has 1 aliphatic heterocycles. The van der Waals surface area contributed by atoms with Gasteiger partial charge in [-0.1, -0.05) is 0 Å². The summed E-state index contributed by atoms with van der Waals surface area (Å²) in [4.78, 5) is 26.6. The van der Waals surface area contributed by atoms with Crippen molar-refractivity contribution >= 4 is 11.9 Å². The number of aliphatic carboxylic acids is 1. The molecule has 1 atom stereocenters. The van der Waals surface area contributed by atoms with Crippen LogP contribution in [0.25, 0.3) is 0 Å². The first kappa shape index (κ1) is 19.7. The fourth-order valence-corrected chi connectivity index (χ4v) is 3.88. The number of carbonyl (C=O) groups is 2. The molecule has 0 radical (unpaired) electrons. The lowest BCUT2D eigenvalue weighted by molar-refractivity contribution is -0.138. The van der Waals surface area contributed by atoms with Crippen molar-refractivity contribution in [1.29, 1.82) is 0 Å². The minimum atomic E-state index is -0.968. The highest BCUT2D eigenvalue weighted by atomic mass is 16.5. The fourth-order valence-electron chi connectivity index (χ4n) is 3.88. The van der Waals surface area contributed by atoms with E-state index in [0.717, 1.165) is 16.8 Å². The molecule has 1 unspecified atom stereocenters. The maximum atomic E-state index is 13.4. The van der Waals surface area contributed by atoms with E-state index in [1.165, 1.54) is 7.11 Å². The van der Waals surface area contributed by atoms with Gasteiger partial charge in [0.15, 0.2) is 11.5 Å². The number of nitrogens with zero attached hydrogens (tertiary/aromatic N) is 3. The second-order valence-electron chi connectivity index (χ2n) is 6.94. The van der Waals surface area contributed by atoms with Gasteiger partial charge in [0.25, 0.3) is 5.91 Å². The minimum absolute atomic E-state index is 0.188. The summed E-state index contributed by atoms with van der Waals surface area (Å²) >= 11 is 0. The van der Waals surface area contributed by atoms with Gasteiger partial charge in [0.1, 0.15) is 0 Å². The number of carboxylic acid groups (broad SMARTS) is 1. The van der Waals surface area contributed by atoms with E-state index < -0.39 is 12.0 Å². The Hall–Kier alpha value is -3.03. The van der Waals surface area contributed by atoms with Crippen molar-refractivity contribution < 1.29 is 24.2 Å². The first-order chi connectivity index (χ1) is 13.3. The van der Waals surface area contributed by atoms with Crippen molar-refractivity contribution in [3.05, 3.63) is 40.2 Å². The van der Waals surface area contributed by atoms with E-state index in [9.17, 15) is 14.7 Å². The standard InChI is InChI=1S/C20H25N3O5/c1-11-19(12(2)22(3)21-11)20(26)23-7-6-13-8-16(27-4)17(28-5)9-14(13)15(23)10-18(24)25/h8-9,15H,6-7,10H2,1-5H3,(H,24,25). The number of amides is 1. The normalized spacial score (nSPS) is 15.9. The number of ether oxygens (including phenoxy) is 2. The molecule has 150 valence electrons. The number of benzene rings is 1. The van der Waals surface area contributed by atoms with Crippen LogP contribution in [0.2, 0.25) is 0 Å². The third-order valence-corrected chi connectivity index (χ3v) is 5.35. The van der Waals surface area contributed by atoms with Crippen LogP contribution >= 0.6 is 0 Å². The molecule has 0 saturated carbocycles. The van der Waals surface area contributed by atoms with Gasteiger partial charge in [-0.15, -0.1) is 0 Å². The molecule has 1 aliphatic rings. The number of carbonyl (C=O) groups excluding carboxylic acids is 1. The monoisotopic (exact) mass is 387 g/mol. The van der Waals surface area contributed by atoms with E-state index in [2.05, 4.69) is 5.10 Å². The maximum absolute atomic E-state index is 13.4. The van der Waals surface area contributed by atoms with Crippen LogP contribution in [-0.2, 0) is 18.3 Å². The molecular formula is C20H25N3O5. The van der Waals surface area contributed by atoms with Gasteiger partial charge in [-0.05, 0) is 43.5 Å². The van der Waals surface area contributed by atoms with E-state index in [-0.39, 0.29) is 12.3 Å². The lowest BCUT2D eigenvalue weighted by Crippen LogP contribution is -2.41. The van der Waals surface area contributed by atoms with Crippen molar-refractivity contribution in [2.75, 3.05) is 20.8 Å². The summed E-state index contributed by atoms with van der Waals surface area (Å²) in [6.45, 7) is 4.05. The third-order valence-electron chi connectivity index (χ3n) is 5.35. The highest BCUT2D eigenvalue weighted by Gasteiger charge is 2.35. The molecule has 0 saturated heterocycles. The van der Waals surface area contributed by atoms with Crippen molar-refractivity contribution in [3.63, 3.8) is 0 Å². The molecule has 2 heterocycles. The quantitative estimate of drug-likeness (QED) is 0.846. The van der Waals surface area contributed by atoms with Gasteiger partial charge in [-0.3, -0.25) is 14.3 Å². The van der Waals surface area contributed by atoms with Gasteiger partial charge in [0.2, 0.25) is 0 Å². The summed E-state index contributed by atoms with van der Waals surface area (Å²) in [7, 11) is 4.88. The predicted molar refractivity (Wildman–Crippen MR) is 102 cm³/mol. The summed E-state index contributed by atoms with van der Waals surface area (Å²) in [5.74, 6) is -0.0615. The predicted octanol–water partition coefficient (Wildman–Crippen LogP) is 2.27. The molecule has 1 aromatic carbocycles.